The number of fused-ring (bicyclic) bond motifs is 1. The minimum absolute atomic E-state index is 0.0411. The predicted molar refractivity (Wildman–Crippen MR) is 125 cm³/mol. The molecule has 1 atom stereocenters. The largest absolute Gasteiger partial charge is 0.493 e. The first kappa shape index (κ1) is 20.3. The van der Waals surface area contributed by atoms with Crippen molar-refractivity contribution in [2.45, 2.75) is 17.6 Å². The van der Waals surface area contributed by atoms with E-state index in [4.69, 9.17) is 4.74 Å². The number of amides is 1. The summed E-state index contributed by atoms with van der Waals surface area (Å²) in [6, 6.07) is 27.7. The normalized spacial score (nSPS) is 14.9. The third kappa shape index (κ3) is 4.24. The van der Waals surface area contributed by atoms with Crippen LogP contribution < -0.4 is 10.1 Å². The van der Waals surface area contributed by atoms with Crippen LogP contribution in [0.15, 0.2) is 90.1 Å². The number of carbonyl (C=O) groups is 1. The average molecular weight is 443 g/mol. The van der Waals surface area contributed by atoms with E-state index < -0.39 is 0 Å². The van der Waals surface area contributed by atoms with Crippen molar-refractivity contribution in [1.82, 2.24) is 20.1 Å². The molecule has 0 spiro atoms. The molecule has 0 saturated heterocycles. The van der Waals surface area contributed by atoms with Crippen LogP contribution in [0.1, 0.15) is 18.0 Å². The van der Waals surface area contributed by atoms with Crippen molar-refractivity contribution >= 4 is 17.7 Å². The van der Waals surface area contributed by atoms with Gasteiger partial charge < -0.3 is 10.1 Å². The van der Waals surface area contributed by atoms with E-state index in [2.05, 4.69) is 15.5 Å². The number of hydrogen-bond acceptors (Lipinski definition) is 5. The van der Waals surface area contributed by atoms with Crippen molar-refractivity contribution in [1.29, 1.82) is 0 Å². The summed E-state index contributed by atoms with van der Waals surface area (Å²) in [4.78, 5) is 12.8. The Morgan fingerprint density at radius 3 is 2.50 bits per heavy atom. The van der Waals surface area contributed by atoms with E-state index in [1.807, 2.05) is 89.5 Å². The van der Waals surface area contributed by atoms with E-state index in [1.54, 1.807) is 0 Å². The summed E-state index contributed by atoms with van der Waals surface area (Å²) in [7, 11) is 0. The summed E-state index contributed by atoms with van der Waals surface area (Å²) < 4.78 is 7.69. The fourth-order valence-corrected chi connectivity index (χ4v) is 4.57. The quantitative estimate of drug-likeness (QED) is 0.440. The average Bonchev–Trinajstić information content (AvgIpc) is 3.28. The van der Waals surface area contributed by atoms with Gasteiger partial charge in [-0.1, -0.05) is 78.5 Å². The lowest BCUT2D eigenvalue weighted by Gasteiger charge is -2.26. The number of carbonyl (C=O) groups excluding carboxylic acids is 1. The first-order valence-corrected chi connectivity index (χ1v) is 11.5. The highest BCUT2D eigenvalue weighted by atomic mass is 32.2. The van der Waals surface area contributed by atoms with Gasteiger partial charge in [-0.15, -0.1) is 10.2 Å². The molecule has 0 radical (unpaired) electrons. The van der Waals surface area contributed by atoms with Crippen LogP contribution in [0.25, 0.3) is 17.1 Å². The van der Waals surface area contributed by atoms with Gasteiger partial charge in [-0.3, -0.25) is 9.36 Å². The highest BCUT2D eigenvalue weighted by Gasteiger charge is 2.23. The number of benzene rings is 3. The number of thioether (sulfide) groups is 1. The van der Waals surface area contributed by atoms with Gasteiger partial charge in [-0.2, -0.15) is 0 Å². The molecule has 4 aromatic rings. The maximum absolute atomic E-state index is 12.8. The van der Waals surface area contributed by atoms with E-state index in [0.29, 0.717) is 11.8 Å². The zero-order valence-electron chi connectivity index (χ0n) is 17.3. The van der Waals surface area contributed by atoms with Crippen LogP contribution in [-0.4, -0.2) is 33.0 Å². The SMILES string of the molecule is O=C(CSc1nnc(-c2ccccc2)n1-c1ccccc1)NC1CCOc2ccccc21. The molecule has 1 unspecified atom stereocenters. The van der Waals surface area contributed by atoms with Gasteiger partial charge in [0.1, 0.15) is 5.75 Å². The van der Waals surface area contributed by atoms with E-state index >= 15 is 0 Å². The zero-order chi connectivity index (χ0) is 21.8. The summed E-state index contributed by atoms with van der Waals surface area (Å²) in [5.41, 5.74) is 2.95. The minimum atomic E-state index is -0.0417. The molecular formula is C25H22N4O2S. The molecule has 1 aromatic heterocycles. The molecule has 6 nitrogen and oxygen atoms in total. The number of para-hydroxylation sites is 2. The molecule has 1 N–H and O–H groups in total. The van der Waals surface area contributed by atoms with Crippen LogP contribution in [0, 0.1) is 0 Å². The third-order valence-corrected chi connectivity index (χ3v) is 6.23. The number of rotatable bonds is 6. The predicted octanol–water partition coefficient (Wildman–Crippen LogP) is 4.67. The minimum Gasteiger partial charge on any atom is -0.493 e. The molecule has 0 bridgehead atoms. The fourth-order valence-electron chi connectivity index (χ4n) is 3.81. The summed E-state index contributed by atoms with van der Waals surface area (Å²) in [5.74, 6) is 1.80. The lowest BCUT2D eigenvalue weighted by atomic mass is 10.0. The van der Waals surface area contributed by atoms with Crippen LogP contribution in [0.2, 0.25) is 0 Å². The van der Waals surface area contributed by atoms with E-state index in [9.17, 15) is 4.79 Å². The highest BCUT2D eigenvalue weighted by molar-refractivity contribution is 7.99. The van der Waals surface area contributed by atoms with Crippen molar-refractivity contribution < 1.29 is 9.53 Å². The lowest BCUT2D eigenvalue weighted by molar-refractivity contribution is -0.119. The number of nitrogens with zero attached hydrogens (tertiary/aromatic N) is 3. The third-order valence-electron chi connectivity index (χ3n) is 5.31. The van der Waals surface area contributed by atoms with Gasteiger partial charge in [0.2, 0.25) is 5.91 Å². The van der Waals surface area contributed by atoms with Crippen LogP contribution in [0.3, 0.4) is 0 Å². The number of ether oxygens (including phenoxy) is 1. The number of hydrogen-bond donors (Lipinski definition) is 1. The Kier molecular flexibility index (Phi) is 5.89. The van der Waals surface area contributed by atoms with Gasteiger partial charge in [0.15, 0.2) is 11.0 Å². The first-order chi connectivity index (χ1) is 15.8. The van der Waals surface area contributed by atoms with Crippen LogP contribution in [-0.2, 0) is 4.79 Å². The summed E-state index contributed by atoms with van der Waals surface area (Å²) >= 11 is 1.38. The maximum atomic E-state index is 12.8. The van der Waals surface area contributed by atoms with E-state index in [-0.39, 0.29) is 17.7 Å². The zero-order valence-corrected chi connectivity index (χ0v) is 18.2. The molecular weight excluding hydrogens is 420 g/mol. The molecule has 2 heterocycles. The van der Waals surface area contributed by atoms with Crippen molar-refractivity contribution in [2.75, 3.05) is 12.4 Å². The summed E-state index contributed by atoms with van der Waals surface area (Å²) in [5, 5.41) is 12.7. The Morgan fingerprint density at radius 2 is 1.69 bits per heavy atom. The smallest absolute Gasteiger partial charge is 0.230 e. The molecule has 5 rings (SSSR count). The standard InChI is InChI=1S/C25H22N4O2S/c30-23(26-21-15-16-31-22-14-8-7-13-20(21)22)17-32-25-28-27-24(18-9-3-1-4-10-18)29(25)19-11-5-2-6-12-19/h1-14,21H,15-17H2,(H,26,30). The Labute approximate surface area is 190 Å². The van der Waals surface area contributed by atoms with E-state index in [1.165, 1.54) is 11.8 Å². The Morgan fingerprint density at radius 1 is 0.969 bits per heavy atom. The monoisotopic (exact) mass is 442 g/mol. The second-order valence-corrected chi connectivity index (χ2v) is 8.37. The van der Waals surface area contributed by atoms with Gasteiger partial charge in [0.25, 0.3) is 0 Å². The summed E-state index contributed by atoms with van der Waals surface area (Å²) in [6.45, 7) is 0.595. The first-order valence-electron chi connectivity index (χ1n) is 10.5. The van der Waals surface area contributed by atoms with Gasteiger partial charge in [-0.25, -0.2) is 0 Å². The van der Waals surface area contributed by atoms with Crippen molar-refractivity contribution in [3.63, 3.8) is 0 Å². The molecule has 1 aliphatic rings. The van der Waals surface area contributed by atoms with Gasteiger partial charge in [0.05, 0.1) is 18.4 Å². The molecule has 32 heavy (non-hydrogen) atoms. The van der Waals surface area contributed by atoms with Gasteiger partial charge in [0, 0.05) is 23.2 Å². The van der Waals surface area contributed by atoms with Gasteiger partial charge in [-0.05, 0) is 18.2 Å². The molecule has 0 aliphatic carbocycles. The molecule has 1 aliphatic heterocycles. The molecule has 7 heteroatoms. The van der Waals surface area contributed by atoms with Crippen molar-refractivity contribution in [2.24, 2.45) is 0 Å². The van der Waals surface area contributed by atoms with Crippen LogP contribution in [0.4, 0.5) is 0 Å². The topological polar surface area (TPSA) is 69.0 Å². The molecule has 1 amide bonds. The Bertz CT molecular complexity index is 1210. The molecule has 0 saturated carbocycles. The molecule has 0 fully saturated rings. The second-order valence-electron chi connectivity index (χ2n) is 7.43. The van der Waals surface area contributed by atoms with Crippen molar-refractivity contribution in [3.8, 4) is 22.8 Å². The van der Waals surface area contributed by atoms with Crippen molar-refractivity contribution in [3.05, 3.63) is 90.5 Å². The molecule has 3 aromatic carbocycles. The van der Waals surface area contributed by atoms with Crippen LogP contribution in [0.5, 0.6) is 5.75 Å². The number of nitrogens with one attached hydrogen (secondary N) is 1. The second kappa shape index (κ2) is 9.28. The summed E-state index contributed by atoms with van der Waals surface area (Å²) in [6.07, 6.45) is 0.756. The molecule has 160 valence electrons. The highest BCUT2D eigenvalue weighted by Crippen LogP contribution is 2.32. The van der Waals surface area contributed by atoms with Gasteiger partial charge >= 0.3 is 0 Å². The lowest BCUT2D eigenvalue weighted by Crippen LogP contribution is -2.33. The fraction of sp³-hybridized carbons (Fsp3) is 0.160. The van der Waals surface area contributed by atoms with E-state index in [0.717, 1.165) is 34.8 Å². The Balaban J connectivity index is 1.35. The maximum Gasteiger partial charge on any atom is 0.230 e. The van der Waals surface area contributed by atoms with Crippen LogP contribution >= 0.6 is 11.8 Å². The Hall–Kier alpha value is -3.58. The number of aromatic nitrogens is 3.